The molecule has 0 bridgehead atoms. The van der Waals surface area contributed by atoms with Gasteiger partial charge in [0, 0.05) is 0 Å². The molecule has 2 nitrogen and oxygen atoms in total. The molecule has 226 valence electrons. The third kappa shape index (κ3) is 5.28. The quantitative estimate of drug-likeness (QED) is 0.165. The molecule has 0 saturated carbocycles. The molecule has 0 fully saturated rings. The molecule has 2 aliphatic rings. The van der Waals surface area contributed by atoms with E-state index in [1.807, 2.05) is 24.5 Å². The number of aromatic nitrogens is 2. The van der Waals surface area contributed by atoms with E-state index in [0.29, 0.717) is 0 Å². The van der Waals surface area contributed by atoms with Crippen molar-refractivity contribution >= 4 is 32.4 Å². The summed E-state index contributed by atoms with van der Waals surface area (Å²) in [5.41, 5.74) is 12.1. The first-order valence-corrected chi connectivity index (χ1v) is 26.6. The molecular formula is C39H42Cl2N2Zr. The number of fused-ring (bicyclic) bond motifs is 2. The normalized spacial score (nSPS) is 17.6. The third-order valence-electron chi connectivity index (χ3n) is 9.84. The second kappa shape index (κ2) is 12.7. The second-order valence-corrected chi connectivity index (χ2v) is 34.5. The number of benzene rings is 2. The van der Waals surface area contributed by atoms with Gasteiger partial charge in [-0.1, -0.05) is 0 Å². The third-order valence-corrected chi connectivity index (χ3v) is 32.7. The van der Waals surface area contributed by atoms with Gasteiger partial charge in [-0.2, -0.15) is 0 Å². The Kier molecular flexibility index (Phi) is 9.13. The predicted octanol–water partition coefficient (Wildman–Crippen LogP) is 12.0. The van der Waals surface area contributed by atoms with Crippen molar-refractivity contribution in [3.8, 4) is 22.5 Å². The van der Waals surface area contributed by atoms with Crippen LogP contribution < -0.4 is 0 Å². The molecule has 6 rings (SSSR count). The average Bonchev–Trinajstić information content (AvgIpc) is 3.63. The molecule has 0 radical (unpaired) electrons. The standard InChI is InChI=1S/2C18H18N.C3H6.2ClH.Zr/c2*1-2-3-7-14-12-15-8-6-9-16(17(15)13-14)18-10-4-5-11-19-18;1-3-2;;;/h2*4-6,8-13H,2-3,7H2,1H3;1-2H3;2*1H;/q;;;;;+2/p-2. The zero-order chi connectivity index (χ0) is 30.9. The summed E-state index contributed by atoms with van der Waals surface area (Å²) in [6.07, 6.45) is 15.1. The summed E-state index contributed by atoms with van der Waals surface area (Å²) in [7, 11) is 17.1. The first kappa shape index (κ1) is 31.5. The first-order valence-electron chi connectivity index (χ1n) is 16.2. The molecule has 5 heteroatoms. The summed E-state index contributed by atoms with van der Waals surface area (Å²) in [5, 5.41) is 0. The van der Waals surface area contributed by atoms with Crippen LogP contribution in [0.1, 0.15) is 95.7 Å². The Bertz CT molecular complexity index is 1690. The van der Waals surface area contributed by atoms with Gasteiger partial charge in [0.2, 0.25) is 0 Å². The van der Waals surface area contributed by atoms with Crippen LogP contribution in [0.4, 0.5) is 0 Å². The summed E-state index contributed by atoms with van der Waals surface area (Å²) in [4.78, 5) is 9.49. The Morgan fingerprint density at radius 3 is 1.45 bits per heavy atom. The molecule has 0 spiro atoms. The Balaban J connectivity index is 1.62. The number of nitrogens with zero attached hydrogens (tertiary/aromatic N) is 2. The van der Waals surface area contributed by atoms with E-state index in [9.17, 15) is 0 Å². The van der Waals surface area contributed by atoms with Gasteiger partial charge in [0.1, 0.15) is 0 Å². The molecule has 2 atom stereocenters. The zero-order valence-electron chi connectivity index (χ0n) is 26.3. The van der Waals surface area contributed by atoms with E-state index in [1.165, 1.54) is 36.6 Å². The minimum absolute atomic E-state index is 0.00512. The van der Waals surface area contributed by atoms with E-state index in [4.69, 9.17) is 27.0 Å². The van der Waals surface area contributed by atoms with Gasteiger partial charge < -0.3 is 0 Å². The molecule has 2 aliphatic carbocycles. The number of allylic oxidation sites excluding steroid dienone is 2. The van der Waals surface area contributed by atoms with Gasteiger partial charge in [0.05, 0.1) is 0 Å². The van der Waals surface area contributed by atoms with Crippen LogP contribution in [0, 0.1) is 0 Å². The fraction of sp³-hybridized carbons (Fsp3) is 0.308. The number of pyridine rings is 2. The topological polar surface area (TPSA) is 25.8 Å². The number of hydrogen-bond acceptors (Lipinski definition) is 2. The molecule has 0 N–H and O–H groups in total. The predicted molar refractivity (Wildman–Crippen MR) is 188 cm³/mol. The first-order chi connectivity index (χ1) is 21.3. The number of rotatable bonds is 10. The maximum absolute atomic E-state index is 8.57. The van der Waals surface area contributed by atoms with E-state index >= 15 is 0 Å². The van der Waals surface area contributed by atoms with Crippen LogP contribution in [0.15, 0.2) is 96.3 Å². The van der Waals surface area contributed by atoms with Crippen LogP contribution in [0.5, 0.6) is 0 Å². The van der Waals surface area contributed by atoms with Crippen molar-refractivity contribution in [1.82, 2.24) is 9.97 Å². The van der Waals surface area contributed by atoms with Gasteiger partial charge in [-0.3, -0.25) is 0 Å². The average molecular weight is 701 g/mol. The maximum atomic E-state index is 8.57. The monoisotopic (exact) mass is 698 g/mol. The molecule has 0 amide bonds. The summed E-state index contributed by atoms with van der Waals surface area (Å²) in [6.45, 7) is 8.97. The van der Waals surface area contributed by atoms with Gasteiger partial charge >= 0.3 is 273 Å². The van der Waals surface area contributed by atoms with Crippen LogP contribution in [-0.2, 0) is 15.9 Å². The SMILES string of the molecule is CCCCC1=Cc2c(-c3ccccn3)cccc2[CH]1[Zr]([Cl])([Cl])(=[C](C)C)[CH]1C(CCCC)=Cc2c(-c3ccccn3)cccc21. The Morgan fingerprint density at radius 1 is 0.636 bits per heavy atom. The van der Waals surface area contributed by atoms with Crippen molar-refractivity contribution in [2.45, 2.75) is 73.5 Å². The van der Waals surface area contributed by atoms with Crippen LogP contribution in [-0.4, -0.2) is 13.2 Å². The Hall–Kier alpha value is -2.45. The molecule has 0 saturated heterocycles. The van der Waals surface area contributed by atoms with Gasteiger partial charge in [-0.15, -0.1) is 0 Å². The van der Waals surface area contributed by atoms with E-state index < -0.39 is 15.9 Å². The van der Waals surface area contributed by atoms with Crippen molar-refractivity contribution in [3.63, 3.8) is 0 Å². The molecular weight excluding hydrogens is 659 g/mol. The molecule has 2 aromatic heterocycles. The fourth-order valence-corrected chi connectivity index (χ4v) is 25.9. The van der Waals surface area contributed by atoms with Crippen molar-refractivity contribution < 1.29 is 15.9 Å². The summed E-state index contributed by atoms with van der Waals surface area (Å²) in [6, 6.07) is 25.6. The number of hydrogen-bond donors (Lipinski definition) is 0. The van der Waals surface area contributed by atoms with Crippen molar-refractivity contribution in [2.75, 3.05) is 0 Å². The number of unbranched alkanes of at least 4 members (excludes halogenated alkanes) is 2. The Labute approximate surface area is 271 Å². The van der Waals surface area contributed by atoms with E-state index in [2.05, 4.69) is 101 Å². The van der Waals surface area contributed by atoms with Gasteiger partial charge in [-0.05, 0) is 0 Å². The Morgan fingerprint density at radius 2 is 1.09 bits per heavy atom. The van der Waals surface area contributed by atoms with E-state index in [0.717, 1.165) is 61.0 Å². The van der Waals surface area contributed by atoms with Crippen LogP contribution in [0.2, 0.25) is 0 Å². The van der Waals surface area contributed by atoms with Crippen LogP contribution >= 0.6 is 17.0 Å². The molecule has 2 aromatic carbocycles. The summed E-state index contributed by atoms with van der Waals surface area (Å²) >= 11 is -5.06. The zero-order valence-corrected chi connectivity index (χ0v) is 30.3. The van der Waals surface area contributed by atoms with Gasteiger partial charge in [-0.25, -0.2) is 0 Å². The van der Waals surface area contributed by atoms with E-state index in [1.54, 1.807) is 0 Å². The molecule has 4 aromatic rings. The fourth-order valence-electron chi connectivity index (χ4n) is 7.61. The van der Waals surface area contributed by atoms with Crippen molar-refractivity contribution in [3.05, 3.63) is 119 Å². The van der Waals surface area contributed by atoms with Gasteiger partial charge in [0.25, 0.3) is 0 Å². The van der Waals surface area contributed by atoms with Crippen molar-refractivity contribution in [1.29, 1.82) is 0 Å². The van der Waals surface area contributed by atoms with Crippen LogP contribution in [0.3, 0.4) is 0 Å². The number of halogens is 2. The summed E-state index contributed by atoms with van der Waals surface area (Å²) in [5.74, 6) is 0. The minimum atomic E-state index is -5.06. The molecule has 2 unspecified atom stereocenters. The van der Waals surface area contributed by atoms with Crippen molar-refractivity contribution in [2.24, 2.45) is 0 Å². The molecule has 44 heavy (non-hydrogen) atoms. The molecule has 2 heterocycles. The van der Waals surface area contributed by atoms with E-state index in [-0.39, 0.29) is 7.25 Å². The van der Waals surface area contributed by atoms with Gasteiger partial charge in [0.15, 0.2) is 0 Å². The van der Waals surface area contributed by atoms with Crippen LogP contribution in [0.25, 0.3) is 34.7 Å². The summed E-state index contributed by atoms with van der Waals surface area (Å²) < 4.78 is 1.21. The second-order valence-electron chi connectivity index (χ2n) is 12.7. The molecule has 0 aliphatic heterocycles.